The van der Waals surface area contributed by atoms with Gasteiger partial charge >= 0.3 is 0 Å². The SMILES string of the molecule is O=C1c2cc(NS(=O)(=O)Cc3ccc(Cl)cc3)ccc2OCCC2CCCCN12. The van der Waals surface area contributed by atoms with E-state index in [4.69, 9.17) is 16.3 Å². The number of rotatable bonds is 4. The van der Waals surface area contributed by atoms with Crippen LogP contribution in [0.25, 0.3) is 0 Å². The molecule has 154 valence electrons. The first-order valence-corrected chi connectivity index (χ1v) is 11.8. The van der Waals surface area contributed by atoms with E-state index in [0.717, 1.165) is 32.2 Å². The third-order valence-corrected chi connectivity index (χ3v) is 6.86. The van der Waals surface area contributed by atoms with Crippen LogP contribution >= 0.6 is 11.6 Å². The summed E-state index contributed by atoms with van der Waals surface area (Å²) in [5.74, 6) is 0.225. The van der Waals surface area contributed by atoms with Gasteiger partial charge in [-0.2, -0.15) is 0 Å². The van der Waals surface area contributed by atoms with Crippen molar-refractivity contribution in [3.05, 3.63) is 58.6 Å². The van der Waals surface area contributed by atoms with Crippen molar-refractivity contribution < 1.29 is 17.9 Å². The van der Waals surface area contributed by atoms with E-state index >= 15 is 0 Å². The molecule has 1 N–H and O–H groups in total. The molecule has 2 aliphatic heterocycles. The van der Waals surface area contributed by atoms with Gasteiger partial charge in [0.1, 0.15) is 5.75 Å². The normalized spacial score (nSPS) is 19.4. The zero-order valence-electron chi connectivity index (χ0n) is 15.9. The van der Waals surface area contributed by atoms with Gasteiger partial charge in [-0.05, 0) is 55.2 Å². The summed E-state index contributed by atoms with van der Waals surface area (Å²) >= 11 is 5.85. The minimum atomic E-state index is -3.64. The molecule has 1 unspecified atom stereocenters. The first kappa shape index (κ1) is 20.0. The van der Waals surface area contributed by atoms with Crippen molar-refractivity contribution in [1.29, 1.82) is 0 Å². The lowest BCUT2D eigenvalue weighted by molar-refractivity contribution is 0.0548. The number of fused-ring (bicyclic) bond motifs is 2. The van der Waals surface area contributed by atoms with Gasteiger partial charge in [0, 0.05) is 29.7 Å². The molecular weight excluding hydrogens is 412 g/mol. The van der Waals surface area contributed by atoms with Crippen LogP contribution in [0, 0.1) is 0 Å². The summed E-state index contributed by atoms with van der Waals surface area (Å²) in [5, 5.41) is 0.551. The van der Waals surface area contributed by atoms with E-state index in [9.17, 15) is 13.2 Å². The highest BCUT2D eigenvalue weighted by molar-refractivity contribution is 7.91. The fourth-order valence-electron chi connectivity index (χ4n) is 3.93. The molecule has 2 heterocycles. The molecule has 6 nitrogen and oxygen atoms in total. The lowest BCUT2D eigenvalue weighted by atomic mass is 9.97. The summed E-state index contributed by atoms with van der Waals surface area (Å²) in [5.41, 5.74) is 1.39. The molecule has 8 heteroatoms. The van der Waals surface area contributed by atoms with E-state index in [1.165, 1.54) is 0 Å². The smallest absolute Gasteiger partial charge is 0.257 e. The third kappa shape index (κ3) is 4.67. The fraction of sp³-hybridized carbons (Fsp3) is 0.381. The number of hydrogen-bond donors (Lipinski definition) is 1. The summed E-state index contributed by atoms with van der Waals surface area (Å²) in [4.78, 5) is 15.0. The molecule has 1 atom stereocenters. The van der Waals surface area contributed by atoms with Crippen molar-refractivity contribution >= 4 is 33.2 Å². The fourth-order valence-corrected chi connectivity index (χ4v) is 5.25. The Hall–Kier alpha value is -2.25. The van der Waals surface area contributed by atoms with Crippen LogP contribution in [0.4, 0.5) is 5.69 Å². The summed E-state index contributed by atoms with van der Waals surface area (Å²) in [6.45, 7) is 1.28. The van der Waals surface area contributed by atoms with E-state index in [-0.39, 0.29) is 17.7 Å². The van der Waals surface area contributed by atoms with Gasteiger partial charge in [-0.1, -0.05) is 23.7 Å². The summed E-state index contributed by atoms with van der Waals surface area (Å²) in [6, 6.07) is 11.7. The van der Waals surface area contributed by atoms with E-state index in [1.807, 2.05) is 4.90 Å². The maximum absolute atomic E-state index is 13.1. The molecule has 0 aromatic heterocycles. The van der Waals surface area contributed by atoms with Gasteiger partial charge in [-0.25, -0.2) is 8.42 Å². The Bertz CT molecular complexity index is 1010. The quantitative estimate of drug-likeness (QED) is 0.787. The highest BCUT2D eigenvalue weighted by atomic mass is 35.5. The van der Waals surface area contributed by atoms with Crippen LogP contribution in [0.3, 0.4) is 0 Å². The number of sulfonamides is 1. The zero-order valence-corrected chi connectivity index (χ0v) is 17.5. The second-order valence-electron chi connectivity index (χ2n) is 7.48. The molecule has 0 spiro atoms. The molecule has 0 radical (unpaired) electrons. The topological polar surface area (TPSA) is 75.7 Å². The molecule has 1 amide bonds. The number of anilines is 1. The average molecular weight is 435 g/mol. The standard InChI is InChI=1S/C21H23ClN2O4S/c22-16-6-4-15(5-7-16)14-29(26,27)23-17-8-9-20-19(13-17)21(25)24-11-2-1-3-18(24)10-12-28-20/h4-9,13,18,23H,1-3,10-12,14H2. The summed E-state index contributed by atoms with van der Waals surface area (Å²) < 4.78 is 33.5. The van der Waals surface area contributed by atoms with E-state index < -0.39 is 10.0 Å². The van der Waals surface area contributed by atoms with Crippen LogP contribution in [0.2, 0.25) is 5.02 Å². The van der Waals surface area contributed by atoms with E-state index in [1.54, 1.807) is 42.5 Å². The van der Waals surface area contributed by atoms with Crippen molar-refractivity contribution in [2.24, 2.45) is 0 Å². The average Bonchev–Trinajstić information content (AvgIpc) is 2.69. The summed E-state index contributed by atoms with van der Waals surface area (Å²) in [6.07, 6.45) is 3.91. The zero-order chi connectivity index (χ0) is 20.4. The monoisotopic (exact) mass is 434 g/mol. The first-order chi connectivity index (χ1) is 13.9. The maximum Gasteiger partial charge on any atom is 0.257 e. The lowest BCUT2D eigenvalue weighted by Crippen LogP contribution is -2.45. The Kier molecular flexibility index (Phi) is 5.69. The van der Waals surface area contributed by atoms with Crippen LogP contribution in [0.1, 0.15) is 41.6 Å². The molecule has 0 saturated carbocycles. The number of ether oxygens (including phenoxy) is 1. The molecule has 2 aliphatic rings. The van der Waals surface area contributed by atoms with Crippen molar-refractivity contribution in [2.45, 2.75) is 37.5 Å². The van der Waals surface area contributed by atoms with Crippen molar-refractivity contribution in [2.75, 3.05) is 17.9 Å². The highest BCUT2D eigenvalue weighted by Crippen LogP contribution is 2.31. The number of carbonyl (C=O) groups excluding carboxylic acids is 1. The highest BCUT2D eigenvalue weighted by Gasteiger charge is 2.31. The van der Waals surface area contributed by atoms with Gasteiger partial charge in [0.2, 0.25) is 10.0 Å². The van der Waals surface area contributed by atoms with Crippen LogP contribution in [-0.2, 0) is 15.8 Å². The Morgan fingerprint density at radius 2 is 1.90 bits per heavy atom. The minimum absolute atomic E-state index is 0.0943. The van der Waals surface area contributed by atoms with Gasteiger partial charge in [0.15, 0.2) is 0 Å². The molecular formula is C21H23ClN2O4S. The number of hydrogen-bond acceptors (Lipinski definition) is 4. The van der Waals surface area contributed by atoms with Gasteiger partial charge in [-0.15, -0.1) is 0 Å². The number of nitrogens with one attached hydrogen (secondary N) is 1. The molecule has 4 rings (SSSR count). The van der Waals surface area contributed by atoms with Crippen LogP contribution in [-0.4, -0.2) is 38.4 Å². The molecule has 1 saturated heterocycles. The number of piperidine rings is 1. The first-order valence-electron chi connectivity index (χ1n) is 9.74. The molecule has 0 aliphatic carbocycles. The summed E-state index contributed by atoms with van der Waals surface area (Å²) in [7, 11) is -3.64. The number of carbonyl (C=O) groups is 1. The Morgan fingerprint density at radius 1 is 1.10 bits per heavy atom. The number of amides is 1. The Balaban J connectivity index is 1.56. The van der Waals surface area contributed by atoms with Gasteiger partial charge in [-0.3, -0.25) is 9.52 Å². The predicted octanol–water partition coefficient (Wildman–Crippen LogP) is 4.06. The number of halogens is 1. The van der Waals surface area contributed by atoms with Gasteiger partial charge in [0.25, 0.3) is 5.91 Å². The largest absolute Gasteiger partial charge is 0.493 e. The second-order valence-corrected chi connectivity index (χ2v) is 9.64. The second kappa shape index (κ2) is 8.24. The Labute approximate surface area is 175 Å². The molecule has 2 aromatic rings. The van der Waals surface area contributed by atoms with Crippen molar-refractivity contribution in [3.8, 4) is 5.75 Å². The van der Waals surface area contributed by atoms with Crippen LogP contribution in [0.15, 0.2) is 42.5 Å². The molecule has 0 bridgehead atoms. The maximum atomic E-state index is 13.1. The van der Waals surface area contributed by atoms with E-state index in [0.29, 0.717) is 34.2 Å². The molecule has 29 heavy (non-hydrogen) atoms. The number of benzene rings is 2. The minimum Gasteiger partial charge on any atom is -0.493 e. The predicted molar refractivity (Wildman–Crippen MR) is 113 cm³/mol. The van der Waals surface area contributed by atoms with Crippen LogP contribution < -0.4 is 9.46 Å². The number of nitrogens with zero attached hydrogens (tertiary/aromatic N) is 1. The van der Waals surface area contributed by atoms with Gasteiger partial charge < -0.3 is 9.64 Å². The van der Waals surface area contributed by atoms with Crippen molar-refractivity contribution in [1.82, 2.24) is 4.90 Å². The van der Waals surface area contributed by atoms with Crippen LogP contribution in [0.5, 0.6) is 5.75 Å². The molecule has 1 fully saturated rings. The Morgan fingerprint density at radius 3 is 2.69 bits per heavy atom. The lowest BCUT2D eigenvalue weighted by Gasteiger charge is -2.37. The molecule has 2 aromatic carbocycles. The van der Waals surface area contributed by atoms with Gasteiger partial charge in [0.05, 0.1) is 17.9 Å². The third-order valence-electron chi connectivity index (χ3n) is 5.35. The van der Waals surface area contributed by atoms with E-state index in [2.05, 4.69) is 4.72 Å². The van der Waals surface area contributed by atoms with Crippen molar-refractivity contribution in [3.63, 3.8) is 0 Å².